The lowest BCUT2D eigenvalue weighted by atomic mass is 10.1. The second-order valence-electron chi connectivity index (χ2n) is 10.2. The van der Waals surface area contributed by atoms with Gasteiger partial charge in [0.25, 0.3) is 0 Å². The summed E-state index contributed by atoms with van der Waals surface area (Å²) in [5.74, 6) is 0.231. The number of anilines is 4. The molecule has 41 heavy (non-hydrogen) atoms. The molecule has 4 aromatic rings. The predicted molar refractivity (Wildman–Crippen MR) is 152 cm³/mol. The highest BCUT2D eigenvalue weighted by Crippen LogP contribution is 2.44. The number of ether oxygens (including phenoxy) is 2. The van der Waals surface area contributed by atoms with E-state index in [0.29, 0.717) is 61.8 Å². The van der Waals surface area contributed by atoms with Gasteiger partial charge in [-0.05, 0) is 38.8 Å². The number of benzene rings is 1. The van der Waals surface area contributed by atoms with Crippen LogP contribution < -0.4 is 20.7 Å². The highest BCUT2D eigenvalue weighted by Gasteiger charge is 2.33. The van der Waals surface area contributed by atoms with Gasteiger partial charge >= 0.3 is 0 Å². The molecule has 214 valence electrons. The molecule has 12 heteroatoms. The lowest BCUT2D eigenvalue weighted by molar-refractivity contribution is 0.123. The van der Waals surface area contributed by atoms with Gasteiger partial charge in [-0.2, -0.15) is 5.10 Å². The van der Waals surface area contributed by atoms with E-state index in [0.717, 1.165) is 29.8 Å². The quantitative estimate of drug-likeness (QED) is 0.296. The minimum Gasteiger partial charge on any atom is -0.494 e. The Morgan fingerprint density at radius 3 is 2.46 bits per heavy atom. The Morgan fingerprint density at radius 1 is 1.10 bits per heavy atom. The second kappa shape index (κ2) is 11.3. The molecule has 1 saturated heterocycles. The van der Waals surface area contributed by atoms with Crippen molar-refractivity contribution in [1.29, 1.82) is 0 Å². The lowest BCUT2D eigenvalue weighted by Gasteiger charge is -2.30. The van der Waals surface area contributed by atoms with Crippen molar-refractivity contribution >= 4 is 23.0 Å². The molecule has 2 fully saturated rings. The Morgan fingerprint density at radius 2 is 1.80 bits per heavy atom. The molecule has 2 aliphatic rings. The number of rotatable bonds is 9. The standard InChI is InChI=1S/C29H32F2N8O2/c1-3-41-20-14-22(30)21(23(31)15-20)16-39-25(18-4-5-18)17(2)24(37-39)28-35-27(32)26(38-10-12-40-13-11-38)29(36-28)34-19-6-8-33-9-7-19/h6-9,14-15,18H,3-5,10-13,16H2,1-2H3,(H3,32,33,34,35,36). The van der Waals surface area contributed by atoms with E-state index >= 15 is 8.78 Å². The number of aromatic nitrogens is 5. The lowest BCUT2D eigenvalue weighted by Crippen LogP contribution is -2.37. The maximum Gasteiger partial charge on any atom is 0.184 e. The number of nitrogens with two attached hydrogens (primary N) is 1. The van der Waals surface area contributed by atoms with E-state index in [1.165, 1.54) is 12.1 Å². The summed E-state index contributed by atoms with van der Waals surface area (Å²) >= 11 is 0. The van der Waals surface area contributed by atoms with Crippen LogP contribution in [0, 0.1) is 18.6 Å². The van der Waals surface area contributed by atoms with Crippen LogP contribution in [0.2, 0.25) is 0 Å². The summed E-state index contributed by atoms with van der Waals surface area (Å²) in [5.41, 5.74) is 10.3. The Kier molecular flexibility index (Phi) is 7.39. The number of pyridine rings is 1. The van der Waals surface area contributed by atoms with Crippen molar-refractivity contribution in [1.82, 2.24) is 24.7 Å². The van der Waals surface area contributed by atoms with Crippen LogP contribution in [0.1, 0.15) is 42.5 Å². The molecule has 3 N–H and O–H groups in total. The van der Waals surface area contributed by atoms with E-state index < -0.39 is 11.6 Å². The van der Waals surface area contributed by atoms with E-state index in [1.54, 1.807) is 24.0 Å². The normalized spacial score (nSPS) is 15.3. The number of halogens is 2. The zero-order valence-corrected chi connectivity index (χ0v) is 23.0. The fraction of sp³-hybridized carbons (Fsp3) is 0.379. The highest BCUT2D eigenvalue weighted by molar-refractivity contribution is 5.82. The minimum atomic E-state index is -0.677. The molecule has 10 nitrogen and oxygen atoms in total. The fourth-order valence-corrected chi connectivity index (χ4v) is 5.24. The number of nitrogens with zero attached hydrogens (tertiary/aromatic N) is 6. The Bertz CT molecular complexity index is 1530. The fourth-order valence-electron chi connectivity index (χ4n) is 5.24. The summed E-state index contributed by atoms with van der Waals surface area (Å²) in [6.07, 6.45) is 5.34. The maximum absolute atomic E-state index is 15.0. The smallest absolute Gasteiger partial charge is 0.184 e. The summed E-state index contributed by atoms with van der Waals surface area (Å²) in [7, 11) is 0. The molecule has 4 heterocycles. The van der Waals surface area contributed by atoms with Crippen molar-refractivity contribution in [3.8, 4) is 17.3 Å². The van der Waals surface area contributed by atoms with Gasteiger partial charge in [0.05, 0.1) is 26.4 Å². The molecular formula is C29H32F2N8O2. The highest BCUT2D eigenvalue weighted by atomic mass is 19.1. The summed E-state index contributed by atoms with van der Waals surface area (Å²) in [4.78, 5) is 15.8. The predicted octanol–water partition coefficient (Wildman–Crippen LogP) is 4.81. The Labute approximate surface area is 236 Å². The maximum atomic E-state index is 15.0. The average molecular weight is 563 g/mol. The third-order valence-electron chi connectivity index (χ3n) is 7.33. The molecule has 0 spiro atoms. The van der Waals surface area contributed by atoms with Gasteiger partial charge in [0.2, 0.25) is 0 Å². The molecule has 1 aromatic carbocycles. The first-order valence-electron chi connectivity index (χ1n) is 13.8. The van der Waals surface area contributed by atoms with Crippen molar-refractivity contribution in [2.45, 2.75) is 39.2 Å². The van der Waals surface area contributed by atoms with Crippen LogP contribution in [0.25, 0.3) is 11.5 Å². The van der Waals surface area contributed by atoms with Gasteiger partial charge in [-0.25, -0.2) is 18.7 Å². The van der Waals surface area contributed by atoms with E-state index in [9.17, 15) is 0 Å². The van der Waals surface area contributed by atoms with Gasteiger partial charge in [0.1, 0.15) is 28.8 Å². The average Bonchev–Trinajstić information content (AvgIpc) is 3.74. The van der Waals surface area contributed by atoms with Crippen LogP contribution in [0.15, 0.2) is 36.7 Å². The Balaban J connectivity index is 1.42. The van der Waals surface area contributed by atoms with Crippen LogP contribution in [-0.4, -0.2) is 57.6 Å². The Hall–Kier alpha value is -4.32. The van der Waals surface area contributed by atoms with Gasteiger partial charge in [-0.1, -0.05) is 0 Å². The van der Waals surface area contributed by atoms with E-state index in [1.807, 2.05) is 19.1 Å². The van der Waals surface area contributed by atoms with E-state index in [2.05, 4.69) is 20.2 Å². The van der Waals surface area contributed by atoms with Crippen molar-refractivity contribution in [2.75, 3.05) is 48.9 Å². The van der Waals surface area contributed by atoms with Crippen molar-refractivity contribution in [3.63, 3.8) is 0 Å². The topological polar surface area (TPSA) is 116 Å². The van der Waals surface area contributed by atoms with Crippen molar-refractivity contribution in [2.24, 2.45) is 0 Å². The monoisotopic (exact) mass is 562 g/mol. The third kappa shape index (κ3) is 5.51. The number of nitrogen functional groups attached to an aromatic ring is 1. The van der Waals surface area contributed by atoms with Gasteiger partial charge in [-0.3, -0.25) is 9.67 Å². The largest absolute Gasteiger partial charge is 0.494 e. The number of morpholine rings is 1. The molecule has 1 saturated carbocycles. The summed E-state index contributed by atoms with van der Waals surface area (Å²) in [6, 6.07) is 6.10. The molecular weight excluding hydrogens is 530 g/mol. The molecule has 0 bridgehead atoms. The summed E-state index contributed by atoms with van der Waals surface area (Å²) in [5, 5.41) is 8.18. The number of hydrogen-bond donors (Lipinski definition) is 2. The zero-order chi connectivity index (χ0) is 28.5. The molecule has 0 amide bonds. The van der Waals surface area contributed by atoms with Crippen LogP contribution in [-0.2, 0) is 11.3 Å². The van der Waals surface area contributed by atoms with Gasteiger partial charge < -0.3 is 25.4 Å². The van der Waals surface area contributed by atoms with Crippen LogP contribution in [0.3, 0.4) is 0 Å². The molecule has 0 atom stereocenters. The number of nitrogens with one attached hydrogen (secondary N) is 1. The van der Waals surface area contributed by atoms with E-state index in [-0.39, 0.29) is 23.8 Å². The first kappa shape index (κ1) is 26.9. The van der Waals surface area contributed by atoms with Crippen LogP contribution >= 0.6 is 0 Å². The van der Waals surface area contributed by atoms with Crippen molar-refractivity contribution < 1.29 is 18.3 Å². The van der Waals surface area contributed by atoms with Crippen LogP contribution in [0.4, 0.5) is 31.8 Å². The minimum absolute atomic E-state index is 0.0692. The number of hydrogen-bond acceptors (Lipinski definition) is 9. The zero-order valence-electron chi connectivity index (χ0n) is 23.0. The molecule has 0 radical (unpaired) electrons. The van der Waals surface area contributed by atoms with Crippen LogP contribution in [0.5, 0.6) is 5.75 Å². The van der Waals surface area contributed by atoms with E-state index in [4.69, 9.17) is 25.3 Å². The molecule has 1 aliphatic carbocycles. The van der Waals surface area contributed by atoms with Gasteiger partial charge in [-0.15, -0.1) is 0 Å². The summed E-state index contributed by atoms with van der Waals surface area (Å²) < 4.78 is 42.5. The third-order valence-corrected chi connectivity index (χ3v) is 7.33. The SMILES string of the molecule is CCOc1cc(F)c(Cn2nc(-c3nc(N)c(N4CCOCC4)c(Nc4ccncc4)n3)c(C)c2C2CC2)c(F)c1. The molecule has 0 unspecified atom stereocenters. The summed E-state index contributed by atoms with van der Waals surface area (Å²) in [6.45, 7) is 6.40. The molecule has 3 aromatic heterocycles. The van der Waals surface area contributed by atoms with Gasteiger partial charge in [0, 0.05) is 66.0 Å². The van der Waals surface area contributed by atoms with Crippen molar-refractivity contribution in [3.05, 3.63) is 65.1 Å². The first-order valence-corrected chi connectivity index (χ1v) is 13.8. The molecule has 1 aliphatic heterocycles. The second-order valence-corrected chi connectivity index (χ2v) is 10.2. The first-order chi connectivity index (χ1) is 19.9. The molecule has 6 rings (SSSR count). The van der Waals surface area contributed by atoms with Gasteiger partial charge in [0.15, 0.2) is 17.5 Å².